The van der Waals surface area contributed by atoms with Gasteiger partial charge in [-0.25, -0.2) is 9.18 Å². The molecule has 2 heterocycles. The molecule has 1 atom stereocenters. The van der Waals surface area contributed by atoms with Crippen LogP contribution in [-0.4, -0.2) is 55.4 Å². The average Bonchev–Trinajstić information content (AvgIpc) is 2.53. The first-order valence-corrected chi connectivity index (χ1v) is 8.67. The molecule has 1 unspecified atom stereocenters. The van der Waals surface area contributed by atoms with Crippen molar-refractivity contribution in [2.75, 3.05) is 37.7 Å². The summed E-state index contributed by atoms with van der Waals surface area (Å²) >= 11 is 0. The number of halogens is 1. The van der Waals surface area contributed by atoms with Crippen LogP contribution in [0.3, 0.4) is 0 Å². The van der Waals surface area contributed by atoms with Crippen LogP contribution < -0.4 is 15.4 Å². The fraction of sp³-hybridized carbons (Fsp3) is 0.611. The Kier molecular flexibility index (Phi) is 4.77. The predicted molar refractivity (Wildman–Crippen MR) is 93.6 cm³/mol. The minimum Gasteiger partial charge on any atom is -0.489 e. The minimum atomic E-state index is -0.517. The number of fused-ring (bicyclic) bond motifs is 1. The topological polar surface area (TPSA) is 68.0 Å². The molecular weight excluding hydrogens is 325 g/mol. The molecule has 2 N–H and O–H groups in total. The highest BCUT2D eigenvalue weighted by Crippen LogP contribution is 2.34. The zero-order valence-electron chi connectivity index (χ0n) is 15.0. The number of nitrogens with zero attached hydrogens (tertiary/aromatic N) is 2. The van der Waals surface area contributed by atoms with Crippen LogP contribution in [-0.2, 0) is 11.2 Å². The van der Waals surface area contributed by atoms with Gasteiger partial charge in [-0.05, 0) is 38.8 Å². The van der Waals surface area contributed by atoms with E-state index in [4.69, 9.17) is 15.2 Å². The molecule has 3 rings (SSSR count). The van der Waals surface area contributed by atoms with Crippen LogP contribution in [0.15, 0.2) is 12.1 Å². The van der Waals surface area contributed by atoms with Crippen molar-refractivity contribution in [3.05, 3.63) is 23.5 Å². The van der Waals surface area contributed by atoms with Gasteiger partial charge in [0.25, 0.3) is 0 Å². The number of ether oxygens (including phenoxy) is 2. The summed E-state index contributed by atoms with van der Waals surface area (Å²) in [6.07, 6.45) is 0.300. The quantitative estimate of drug-likeness (QED) is 0.840. The number of hydrogen-bond donors (Lipinski definition) is 1. The first kappa shape index (κ1) is 17.8. The van der Waals surface area contributed by atoms with Crippen LogP contribution in [0.4, 0.5) is 14.9 Å². The first-order chi connectivity index (χ1) is 11.7. The van der Waals surface area contributed by atoms with E-state index in [9.17, 15) is 9.18 Å². The number of carbonyl (C=O) groups is 1. The Hall–Kier alpha value is -2.02. The third-order valence-corrected chi connectivity index (χ3v) is 4.35. The molecule has 1 fully saturated rings. The summed E-state index contributed by atoms with van der Waals surface area (Å²) in [5.74, 6) is -0.0242. The third-order valence-electron chi connectivity index (χ3n) is 4.35. The van der Waals surface area contributed by atoms with Crippen molar-refractivity contribution in [3.63, 3.8) is 0 Å². The number of piperazine rings is 1. The molecule has 25 heavy (non-hydrogen) atoms. The monoisotopic (exact) mass is 351 g/mol. The van der Waals surface area contributed by atoms with Gasteiger partial charge in [-0.2, -0.15) is 0 Å². The van der Waals surface area contributed by atoms with E-state index < -0.39 is 5.60 Å². The summed E-state index contributed by atoms with van der Waals surface area (Å²) in [4.78, 5) is 15.7. The molecule has 0 spiro atoms. The number of amides is 1. The molecule has 1 amide bonds. The van der Waals surface area contributed by atoms with Gasteiger partial charge in [0, 0.05) is 32.2 Å². The molecule has 2 aliphatic rings. The second kappa shape index (κ2) is 6.71. The number of nitrogens with two attached hydrogens (primary N) is 1. The molecule has 0 aliphatic carbocycles. The molecule has 1 aromatic rings. The SMILES string of the molecule is CC(C)(C)OC(=O)N1CCN(c2ccc3c(c2F)OCC(N)C3)CC1. The maximum Gasteiger partial charge on any atom is 0.410 e. The van der Waals surface area contributed by atoms with Gasteiger partial charge in [0.05, 0.1) is 5.69 Å². The lowest BCUT2D eigenvalue weighted by Crippen LogP contribution is -2.50. The van der Waals surface area contributed by atoms with E-state index in [1.165, 1.54) is 0 Å². The fourth-order valence-corrected chi connectivity index (χ4v) is 3.13. The van der Waals surface area contributed by atoms with Gasteiger partial charge >= 0.3 is 6.09 Å². The Morgan fingerprint density at radius 1 is 1.28 bits per heavy atom. The number of rotatable bonds is 1. The molecule has 0 radical (unpaired) electrons. The first-order valence-electron chi connectivity index (χ1n) is 8.67. The van der Waals surface area contributed by atoms with Crippen molar-refractivity contribution in [1.29, 1.82) is 0 Å². The smallest absolute Gasteiger partial charge is 0.410 e. The summed E-state index contributed by atoms with van der Waals surface area (Å²) in [5, 5.41) is 0. The summed E-state index contributed by atoms with van der Waals surface area (Å²) in [6, 6.07) is 3.57. The number of benzene rings is 1. The molecule has 7 heteroatoms. The van der Waals surface area contributed by atoms with Gasteiger partial charge in [0.2, 0.25) is 0 Å². The van der Waals surface area contributed by atoms with Crippen LogP contribution in [0.1, 0.15) is 26.3 Å². The normalized spacial score (nSPS) is 20.8. The molecule has 6 nitrogen and oxygen atoms in total. The highest BCUT2D eigenvalue weighted by atomic mass is 19.1. The van der Waals surface area contributed by atoms with E-state index in [0.717, 1.165) is 5.56 Å². The van der Waals surface area contributed by atoms with E-state index in [1.54, 1.807) is 11.0 Å². The van der Waals surface area contributed by atoms with E-state index in [2.05, 4.69) is 0 Å². The van der Waals surface area contributed by atoms with Crippen LogP contribution in [0.5, 0.6) is 5.75 Å². The number of carbonyl (C=O) groups excluding carboxylic acids is 1. The van der Waals surface area contributed by atoms with Crippen molar-refractivity contribution >= 4 is 11.8 Å². The molecule has 0 saturated carbocycles. The molecule has 0 bridgehead atoms. The van der Waals surface area contributed by atoms with Gasteiger partial charge in [-0.1, -0.05) is 6.07 Å². The van der Waals surface area contributed by atoms with Gasteiger partial charge in [0.1, 0.15) is 12.2 Å². The Morgan fingerprint density at radius 2 is 1.96 bits per heavy atom. The second-order valence-corrected chi connectivity index (χ2v) is 7.62. The zero-order valence-corrected chi connectivity index (χ0v) is 15.0. The Labute approximate surface area is 147 Å². The maximum atomic E-state index is 14.8. The lowest BCUT2D eigenvalue weighted by atomic mass is 10.0. The number of anilines is 1. The van der Waals surface area contributed by atoms with Gasteiger partial charge in [-0.3, -0.25) is 0 Å². The summed E-state index contributed by atoms with van der Waals surface area (Å²) in [5.41, 5.74) is 6.67. The Balaban J connectivity index is 1.67. The molecular formula is C18H26FN3O3. The number of hydrogen-bond acceptors (Lipinski definition) is 5. The largest absolute Gasteiger partial charge is 0.489 e. The van der Waals surface area contributed by atoms with Crippen molar-refractivity contribution in [3.8, 4) is 5.75 Å². The predicted octanol–water partition coefficient (Wildman–Crippen LogP) is 2.15. The molecule has 0 aromatic heterocycles. The standard InChI is InChI=1S/C18H26FN3O3/c1-18(2,3)25-17(23)22-8-6-21(7-9-22)14-5-4-12-10-13(20)11-24-16(12)15(14)19/h4-5,13H,6-11,20H2,1-3H3. The molecule has 1 saturated heterocycles. The van der Waals surface area contributed by atoms with Crippen LogP contribution in [0.25, 0.3) is 0 Å². The zero-order chi connectivity index (χ0) is 18.2. The lowest BCUT2D eigenvalue weighted by molar-refractivity contribution is 0.0240. The van der Waals surface area contributed by atoms with E-state index in [-0.39, 0.29) is 18.0 Å². The molecule has 1 aromatic carbocycles. The van der Waals surface area contributed by atoms with Crippen molar-refractivity contribution in [2.45, 2.75) is 38.8 Å². The average molecular weight is 351 g/mol. The van der Waals surface area contributed by atoms with Crippen LogP contribution >= 0.6 is 0 Å². The molecule has 2 aliphatic heterocycles. The van der Waals surface area contributed by atoms with Gasteiger partial charge in [0.15, 0.2) is 11.6 Å². The minimum absolute atomic E-state index is 0.0878. The van der Waals surface area contributed by atoms with Gasteiger partial charge in [-0.15, -0.1) is 0 Å². The van der Waals surface area contributed by atoms with Gasteiger partial charge < -0.3 is 25.0 Å². The van der Waals surface area contributed by atoms with E-state index in [1.807, 2.05) is 31.7 Å². The summed E-state index contributed by atoms with van der Waals surface area (Å²) < 4.78 is 25.7. The molecule has 138 valence electrons. The Morgan fingerprint density at radius 3 is 2.60 bits per heavy atom. The van der Waals surface area contributed by atoms with Crippen molar-refractivity contribution < 1.29 is 18.7 Å². The fourth-order valence-electron chi connectivity index (χ4n) is 3.13. The summed E-state index contributed by atoms with van der Waals surface area (Å²) in [7, 11) is 0. The van der Waals surface area contributed by atoms with E-state index in [0.29, 0.717) is 50.6 Å². The van der Waals surface area contributed by atoms with Crippen molar-refractivity contribution in [1.82, 2.24) is 4.90 Å². The summed E-state index contributed by atoms with van der Waals surface area (Å²) in [6.45, 7) is 7.96. The lowest BCUT2D eigenvalue weighted by Gasteiger charge is -2.37. The van der Waals surface area contributed by atoms with Crippen LogP contribution in [0.2, 0.25) is 0 Å². The highest BCUT2D eigenvalue weighted by Gasteiger charge is 2.29. The van der Waals surface area contributed by atoms with E-state index >= 15 is 0 Å². The Bertz CT molecular complexity index is 652. The second-order valence-electron chi connectivity index (χ2n) is 7.62. The van der Waals surface area contributed by atoms with Crippen LogP contribution in [0, 0.1) is 5.82 Å². The highest BCUT2D eigenvalue weighted by molar-refractivity contribution is 5.69. The maximum absolute atomic E-state index is 14.8. The van der Waals surface area contributed by atoms with Crippen molar-refractivity contribution in [2.24, 2.45) is 5.73 Å². The third kappa shape index (κ3) is 3.98.